The molecule has 0 amide bonds. The molecule has 0 aliphatic rings. The molecule has 2 rings (SSSR count). The Morgan fingerprint density at radius 3 is 2.45 bits per heavy atom. The van der Waals surface area contributed by atoms with Gasteiger partial charge in [0.1, 0.15) is 0 Å². The smallest absolute Gasteiger partial charge is 0.263 e. The van der Waals surface area contributed by atoms with Gasteiger partial charge in [0.05, 0.1) is 4.90 Å². The van der Waals surface area contributed by atoms with Gasteiger partial charge < -0.3 is 5.73 Å². The standard InChI is InChI=1S/C13H18N4O2S/c1-8-7-11(14)10(3)13(9(8)2)20(18,19)16-12-5-6-17(4)15-12/h5-7H,14H2,1-4H3,(H,15,16). The highest BCUT2D eigenvalue weighted by molar-refractivity contribution is 7.92. The normalized spacial score (nSPS) is 11.6. The van der Waals surface area contributed by atoms with Crippen LogP contribution in [0.4, 0.5) is 11.5 Å². The zero-order valence-electron chi connectivity index (χ0n) is 11.9. The number of aryl methyl sites for hydroxylation is 2. The molecule has 3 N–H and O–H groups in total. The number of hydrogen-bond acceptors (Lipinski definition) is 4. The van der Waals surface area contributed by atoms with Crippen LogP contribution in [0.5, 0.6) is 0 Å². The maximum Gasteiger partial charge on any atom is 0.263 e. The highest BCUT2D eigenvalue weighted by Gasteiger charge is 2.23. The van der Waals surface area contributed by atoms with E-state index in [-0.39, 0.29) is 10.7 Å². The second-order valence-corrected chi connectivity index (χ2v) is 6.46. The molecule has 1 aromatic carbocycles. The summed E-state index contributed by atoms with van der Waals surface area (Å²) in [6.07, 6.45) is 1.67. The molecule has 1 aromatic heterocycles. The van der Waals surface area contributed by atoms with E-state index in [1.54, 1.807) is 39.2 Å². The topological polar surface area (TPSA) is 90.0 Å². The summed E-state index contributed by atoms with van der Waals surface area (Å²) in [6, 6.07) is 3.38. The molecule has 0 radical (unpaired) electrons. The highest BCUT2D eigenvalue weighted by atomic mass is 32.2. The summed E-state index contributed by atoms with van der Waals surface area (Å²) >= 11 is 0. The Labute approximate surface area is 118 Å². The first-order chi connectivity index (χ1) is 9.22. The van der Waals surface area contributed by atoms with E-state index in [9.17, 15) is 8.42 Å². The van der Waals surface area contributed by atoms with Gasteiger partial charge in [0.25, 0.3) is 10.0 Å². The van der Waals surface area contributed by atoms with E-state index in [4.69, 9.17) is 5.73 Å². The van der Waals surface area contributed by atoms with Gasteiger partial charge in [-0.25, -0.2) is 8.42 Å². The molecular weight excluding hydrogens is 276 g/mol. The first kappa shape index (κ1) is 14.4. The summed E-state index contributed by atoms with van der Waals surface area (Å²) < 4.78 is 29.1. The van der Waals surface area contributed by atoms with Crippen LogP contribution in [-0.2, 0) is 17.1 Å². The van der Waals surface area contributed by atoms with E-state index in [1.807, 2.05) is 6.92 Å². The fourth-order valence-electron chi connectivity index (χ4n) is 2.10. The summed E-state index contributed by atoms with van der Waals surface area (Å²) in [5.74, 6) is 0.284. The van der Waals surface area contributed by atoms with Crippen LogP contribution >= 0.6 is 0 Å². The Bertz CT molecular complexity index is 737. The van der Waals surface area contributed by atoms with Gasteiger partial charge in [-0.05, 0) is 43.5 Å². The van der Waals surface area contributed by atoms with E-state index in [0.717, 1.165) is 5.56 Å². The van der Waals surface area contributed by atoms with Crippen molar-refractivity contribution in [1.82, 2.24) is 9.78 Å². The SMILES string of the molecule is Cc1cc(N)c(C)c(S(=O)(=O)Nc2ccn(C)n2)c1C. The average Bonchev–Trinajstić information content (AvgIpc) is 2.71. The number of rotatable bonds is 3. The van der Waals surface area contributed by atoms with Crippen molar-refractivity contribution < 1.29 is 8.42 Å². The van der Waals surface area contributed by atoms with Crippen LogP contribution in [0.2, 0.25) is 0 Å². The van der Waals surface area contributed by atoms with Gasteiger partial charge in [-0.3, -0.25) is 9.40 Å². The first-order valence-corrected chi connectivity index (χ1v) is 7.59. The Morgan fingerprint density at radius 1 is 1.25 bits per heavy atom. The lowest BCUT2D eigenvalue weighted by Crippen LogP contribution is -2.17. The van der Waals surface area contributed by atoms with Gasteiger partial charge in [0.15, 0.2) is 5.82 Å². The highest BCUT2D eigenvalue weighted by Crippen LogP contribution is 2.29. The predicted octanol–water partition coefficient (Wildman–Crippen LogP) is 1.73. The van der Waals surface area contributed by atoms with Gasteiger partial charge in [-0.2, -0.15) is 5.10 Å². The van der Waals surface area contributed by atoms with Gasteiger partial charge >= 0.3 is 0 Å². The zero-order chi connectivity index (χ0) is 15.1. The number of sulfonamides is 1. The molecule has 108 valence electrons. The van der Waals surface area contributed by atoms with E-state index >= 15 is 0 Å². The average molecular weight is 294 g/mol. The number of benzene rings is 1. The Hall–Kier alpha value is -2.02. The van der Waals surface area contributed by atoms with Crippen LogP contribution in [0.25, 0.3) is 0 Å². The lowest BCUT2D eigenvalue weighted by molar-refractivity contribution is 0.599. The molecule has 0 bridgehead atoms. The van der Waals surface area contributed by atoms with Crippen LogP contribution in [0, 0.1) is 20.8 Å². The number of nitrogen functional groups attached to an aromatic ring is 1. The maximum absolute atomic E-state index is 12.5. The van der Waals surface area contributed by atoms with Crippen LogP contribution in [0.3, 0.4) is 0 Å². The minimum Gasteiger partial charge on any atom is -0.398 e. The number of nitrogens with zero attached hydrogens (tertiary/aromatic N) is 2. The van der Waals surface area contributed by atoms with E-state index < -0.39 is 10.0 Å². The van der Waals surface area contributed by atoms with Crippen LogP contribution in [-0.4, -0.2) is 18.2 Å². The first-order valence-electron chi connectivity index (χ1n) is 6.11. The van der Waals surface area contributed by atoms with Gasteiger partial charge in [0.2, 0.25) is 0 Å². The summed E-state index contributed by atoms with van der Waals surface area (Å²) in [6.45, 7) is 5.31. The third-order valence-electron chi connectivity index (χ3n) is 3.30. The van der Waals surface area contributed by atoms with E-state index in [0.29, 0.717) is 16.8 Å². The van der Waals surface area contributed by atoms with Crippen LogP contribution in [0.1, 0.15) is 16.7 Å². The summed E-state index contributed by atoms with van der Waals surface area (Å²) in [5, 5.41) is 4.02. The third-order valence-corrected chi connectivity index (χ3v) is 4.93. The van der Waals surface area contributed by atoms with Gasteiger partial charge in [-0.15, -0.1) is 0 Å². The molecule has 0 aliphatic carbocycles. The number of nitrogens with one attached hydrogen (secondary N) is 1. The third kappa shape index (κ3) is 2.49. The number of aromatic nitrogens is 2. The van der Waals surface area contributed by atoms with Crippen molar-refractivity contribution in [3.05, 3.63) is 35.0 Å². The molecule has 0 fully saturated rings. The molecule has 20 heavy (non-hydrogen) atoms. The van der Waals surface area contributed by atoms with Crippen molar-refractivity contribution in [2.24, 2.45) is 7.05 Å². The molecule has 0 saturated carbocycles. The number of anilines is 2. The Morgan fingerprint density at radius 2 is 1.90 bits per heavy atom. The fraction of sp³-hybridized carbons (Fsp3) is 0.308. The molecule has 6 nitrogen and oxygen atoms in total. The lowest BCUT2D eigenvalue weighted by atomic mass is 10.1. The molecule has 0 saturated heterocycles. The van der Waals surface area contributed by atoms with Crippen molar-refractivity contribution in [3.8, 4) is 0 Å². The molecule has 0 unspecified atom stereocenters. The summed E-state index contributed by atoms with van der Waals surface area (Å²) in [4.78, 5) is 0.223. The molecule has 0 atom stereocenters. The minimum atomic E-state index is -3.71. The Kier molecular flexibility index (Phi) is 3.47. The van der Waals surface area contributed by atoms with E-state index in [2.05, 4.69) is 9.82 Å². The molecule has 0 spiro atoms. The van der Waals surface area contributed by atoms with Crippen molar-refractivity contribution in [1.29, 1.82) is 0 Å². The van der Waals surface area contributed by atoms with Gasteiger partial charge in [0, 0.05) is 25.0 Å². The summed E-state index contributed by atoms with van der Waals surface area (Å²) in [5.41, 5.74) is 8.43. The Balaban J connectivity index is 2.55. The maximum atomic E-state index is 12.5. The fourth-order valence-corrected chi connectivity index (χ4v) is 3.67. The monoisotopic (exact) mass is 294 g/mol. The van der Waals surface area contributed by atoms with Crippen LogP contribution < -0.4 is 10.5 Å². The molecule has 0 aliphatic heterocycles. The molecule has 1 heterocycles. The zero-order valence-corrected chi connectivity index (χ0v) is 12.7. The van der Waals surface area contributed by atoms with Crippen molar-refractivity contribution in [2.45, 2.75) is 25.7 Å². The second-order valence-electron chi connectivity index (χ2n) is 4.84. The molecule has 7 heteroatoms. The van der Waals surface area contributed by atoms with Gasteiger partial charge in [-0.1, -0.05) is 0 Å². The molecule has 2 aromatic rings. The predicted molar refractivity (Wildman–Crippen MR) is 79.1 cm³/mol. The largest absolute Gasteiger partial charge is 0.398 e. The quantitative estimate of drug-likeness (QED) is 0.844. The van der Waals surface area contributed by atoms with Crippen molar-refractivity contribution >= 4 is 21.5 Å². The lowest BCUT2D eigenvalue weighted by Gasteiger charge is -2.15. The number of hydrogen-bond donors (Lipinski definition) is 2. The van der Waals surface area contributed by atoms with Crippen molar-refractivity contribution in [2.75, 3.05) is 10.5 Å². The van der Waals surface area contributed by atoms with Crippen LogP contribution in [0.15, 0.2) is 23.2 Å². The summed E-state index contributed by atoms with van der Waals surface area (Å²) in [7, 11) is -1.99. The number of nitrogens with two attached hydrogens (primary N) is 1. The van der Waals surface area contributed by atoms with E-state index in [1.165, 1.54) is 4.68 Å². The van der Waals surface area contributed by atoms with Crippen molar-refractivity contribution in [3.63, 3.8) is 0 Å². The molecular formula is C13H18N4O2S. The second kappa shape index (κ2) is 4.82. The minimum absolute atomic E-state index is 0.223.